The Labute approximate surface area is 115 Å². The van der Waals surface area contributed by atoms with Crippen molar-refractivity contribution in [2.75, 3.05) is 17.3 Å². The maximum absolute atomic E-state index is 5.94. The van der Waals surface area contributed by atoms with E-state index < -0.39 is 0 Å². The summed E-state index contributed by atoms with van der Waals surface area (Å²) in [6.07, 6.45) is 5.41. The molecule has 1 aliphatic rings. The van der Waals surface area contributed by atoms with Crippen LogP contribution in [0.25, 0.3) is 10.2 Å². The van der Waals surface area contributed by atoms with Gasteiger partial charge in [0.05, 0.1) is 11.1 Å². The number of hydrogen-bond acceptors (Lipinski definition) is 5. The lowest BCUT2D eigenvalue weighted by molar-refractivity contribution is 0.389. The lowest BCUT2D eigenvalue weighted by Crippen LogP contribution is -2.42. The molecule has 0 atom stereocenters. The van der Waals surface area contributed by atoms with Crippen LogP contribution in [-0.4, -0.2) is 32.8 Å². The fourth-order valence-corrected chi connectivity index (χ4v) is 3.29. The Morgan fingerprint density at radius 3 is 2.94 bits per heavy atom. The molecule has 18 heavy (non-hydrogen) atoms. The summed E-state index contributed by atoms with van der Waals surface area (Å²) in [7, 11) is 0. The molecule has 96 valence electrons. The molecule has 0 N–H and O–H groups in total. The average Bonchev–Trinajstić information content (AvgIpc) is 2.69. The number of alkyl halides is 1. The van der Waals surface area contributed by atoms with Crippen LogP contribution in [0.5, 0.6) is 0 Å². The number of fused-ring (bicyclic) bond motifs is 1. The molecule has 2 aromatic heterocycles. The minimum Gasteiger partial charge on any atom is -0.352 e. The van der Waals surface area contributed by atoms with Crippen molar-refractivity contribution >= 4 is 39.2 Å². The van der Waals surface area contributed by atoms with Gasteiger partial charge in [0.2, 0.25) is 0 Å². The summed E-state index contributed by atoms with van der Waals surface area (Å²) in [6.45, 7) is 2.86. The van der Waals surface area contributed by atoms with Gasteiger partial charge in [0.15, 0.2) is 0 Å². The first-order valence-electron chi connectivity index (χ1n) is 6.21. The molecule has 0 amide bonds. The predicted molar refractivity (Wildman–Crippen MR) is 75.7 cm³/mol. The first-order chi connectivity index (χ1) is 8.81. The molecule has 0 saturated heterocycles. The maximum atomic E-state index is 5.94. The molecule has 0 radical (unpaired) electrons. The molecule has 0 spiro atoms. The van der Waals surface area contributed by atoms with Gasteiger partial charge in [-0.1, -0.05) is 0 Å². The molecule has 0 aromatic carbocycles. The summed E-state index contributed by atoms with van der Waals surface area (Å²) in [5, 5.41) is 1.10. The van der Waals surface area contributed by atoms with E-state index in [1.807, 2.05) is 6.92 Å². The number of nitrogens with zero attached hydrogens (tertiary/aromatic N) is 4. The molecule has 1 fully saturated rings. The Kier molecular flexibility index (Phi) is 3.35. The number of anilines is 1. The quantitative estimate of drug-likeness (QED) is 0.809. The van der Waals surface area contributed by atoms with Crippen molar-refractivity contribution in [3.05, 3.63) is 12.0 Å². The maximum Gasteiger partial charge on any atom is 0.149 e. The number of halogens is 1. The first kappa shape index (κ1) is 12.1. The van der Waals surface area contributed by atoms with Crippen LogP contribution < -0.4 is 4.90 Å². The largest absolute Gasteiger partial charge is 0.352 e. The molecule has 0 unspecified atom stereocenters. The number of aromatic nitrogens is 3. The van der Waals surface area contributed by atoms with Gasteiger partial charge in [0, 0.05) is 18.5 Å². The van der Waals surface area contributed by atoms with E-state index in [2.05, 4.69) is 19.2 Å². The lowest BCUT2D eigenvalue weighted by atomic mass is 9.91. The van der Waals surface area contributed by atoms with E-state index >= 15 is 0 Å². The van der Waals surface area contributed by atoms with E-state index in [1.165, 1.54) is 30.8 Å². The minimum absolute atomic E-state index is 0.584. The molecule has 2 aromatic rings. The van der Waals surface area contributed by atoms with Gasteiger partial charge in [-0.15, -0.1) is 11.6 Å². The van der Waals surface area contributed by atoms with E-state index in [1.54, 1.807) is 6.33 Å². The van der Waals surface area contributed by atoms with Crippen molar-refractivity contribution in [1.29, 1.82) is 0 Å². The van der Waals surface area contributed by atoms with Gasteiger partial charge in [0.25, 0.3) is 0 Å². The summed E-state index contributed by atoms with van der Waals surface area (Å²) in [5.74, 6) is 1.63. The number of rotatable bonds is 4. The van der Waals surface area contributed by atoms with E-state index in [4.69, 9.17) is 11.6 Å². The molecule has 3 rings (SSSR count). The highest BCUT2D eigenvalue weighted by Crippen LogP contribution is 2.34. The second kappa shape index (κ2) is 4.97. The molecular formula is C12H15ClN4S. The van der Waals surface area contributed by atoms with E-state index in [-0.39, 0.29) is 0 Å². The molecule has 2 heterocycles. The zero-order valence-corrected chi connectivity index (χ0v) is 11.8. The van der Waals surface area contributed by atoms with Crippen LogP contribution in [0.3, 0.4) is 0 Å². The SMILES string of the molecule is Cc1nsc2ncnc(N(CCCl)C3CCC3)c12. The third-order valence-corrected chi connectivity index (χ3v) is 4.55. The topological polar surface area (TPSA) is 41.9 Å². The van der Waals surface area contributed by atoms with Crippen molar-refractivity contribution in [1.82, 2.24) is 14.3 Å². The highest BCUT2D eigenvalue weighted by molar-refractivity contribution is 7.13. The minimum atomic E-state index is 0.584. The normalized spacial score (nSPS) is 15.9. The molecule has 1 aliphatic carbocycles. The van der Waals surface area contributed by atoms with E-state index in [0.29, 0.717) is 11.9 Å². The predicted octanol–water partition coefficient (Wildman–Crippen LogP) is 2.99. The zero-order valence-electron chi connectivity index (χ0n) is 10.3. The van der Waals surface area contributed by atoms with Crippen LogP contribution in [0.2, 0.25) is 0 Å². The summed E-state index contributed by atoms with van der Waals surface area (Å²) >= 11 is 7.38. The van der Waals surface area contributed by atoms with Gasteiger partial charge >= 0.3 is 0 Å². The smallest absolute Gasteiger partial charge is 0.149 e. The highest BCUT2D eigenvalue weighted by Gasteiger charge is 2.27. The Bertz CT molecular complexity index is 552. The zero-order chi connectivity index (χ0) is 12.5. The van der Waals surface area contributed by atoms with Gasteiger partial charge in [-0.2, -0.15) is 4.37 Å². The van der Waals surface area contributed by atoms with Crippen molar-refractivity contribution in [3.8, 4) is 0 Å². The van der Waals surface area contributed by atoms with Crippen LogP contribution in [0, 0.1) is 6.92 Å². The first-order valence-corrected chi connectivity index (χ1v) is 7.51. The summed E-state index contributed by atoms with van der Waals surface area (Å²) in [6, 6.07) is 0.584. The van der Waals surface area contributed by atoms with Crippen LogP contribution in [0.4, 0.5) is 5.82 Å². The third-order valence-electron chi connectivity index (χ3n) is 3.54. The van der Waals surface area contributed by atoms with Crippen molar-refractivity contribution in [2.24, 2.45) is 0 Å². The summed E-state index contributed by atoms with van der Waals surface area (Å²) in [4.78, 5) is 12.1. The summed E-state index contributed by atoms with van der Waals surface area (Å²) in [5.41, 5.74) is 1.02. The fourth-order valence-electron chi connectivity index (χ4n) is 2.37. The molecule has 0 aliphatic heterocycles. The van der Waals surface area contributed by atoms with Crippen LogP contribution >= 0.6 is 23.1 Å². The van der Waals surface area contributed by atoms with Gasteiger partial charge in [-0.3, -0.25) is 0 Å². The third kappa shape index (κ3) is 1.95. The van der Waals surface area contributed by atoms with E-state index in [0.717, 1.165) is 28.3 Å². The van der Waals surface area contributed by atoms with Gasteiger partial charge in [0.1, 0.15) is 17.0 Å². The lowest BCUT2D eigenvalue weighted by Gasteiger charge is -2.38. The molecule has 6 heteroatoms. The Balaban J connectivity index is 2.07. The molecule has 4 nitrogen and oxygen atoms in total. The van der Waals surface area contributed by atoms with Crippen LogP contribution in [-0.2, 0) is 0 Å². The van der Waals surface area contributed by atoms with Gasteiger partial charge in [-0.25, -0.2) is 9.97 Å². The average molecular weight is 283 g/mol. The molecular weight excluding hydrogens is 268 g/mol. The van der Waals surface area contributed by atoms with Crippen LogP contribution in [0.15, 0.2) is 6.33 Å². The number of aryl methyl sites for hydroxylation is 1. The van der Waals surface area contributed by atoms with Crippen molar-refractivity contribution in [3.63, 3.8) is 0 Å². The monoisotopic (exact) mass is 282 g/mol. The summed E-state index contributed by atoms with van der Waals surface area (Å²) < 4.78 is 4.38. The second-order valence-electron chi connectivity index (χ2n) is 4.61. The van der Waals surface area contributed by atoms with Gasteiger partial charge in [-0.05, 0) is 37.7 Å². The van der Waals surface area contributed by atoms with E-state index in [9.17, 15) is 0 Å². The highest BCUT2D eigenvalue weighted by atomic mass is 35.5. The Hall–Kier alpha value is -0.940. The number of hydrogen-bond donors (Lipinski definition) is 0. The molecule has 1 saturated carbocycles. The second-order valence-corrected chi connectivity index (χ2v) is 5.74. The Morgan fingerprint density at radius 2 is 2.28 bits per heavy atom. The van der Waals surface area contributed by atoms with Crippen molar-refractivity contribution in [2.45, 2.75) is 32.2 Å². The standard InChI is InChI=1S/C12H15ClN4S/c1-8-10-11(14-7-15-12(10)18-16-8)17(6-5-13)9-3-2-4-9/h7,9H,2-6H2,1H3. The van der Waals surface area contributed by atoms with Gasteiger partial charge < -0.3 is 4.90 Å². The van der Waals surface area contributed by atoms with Crippen molar-refractivity contribution < 1.29 is 0 Å². The Morgan fingerprint density at radius 1 is 1.44 bits per heavy atom. The van der Waals surface area contributed by atoms with Crippen LogP contribution in [0.1, 0.15) is 25.0 Å². The molecule has 0 bridgehead atoms. The fraction of sp³-hybridized carbons (Fsp3) is 0.583.